The monoisotopic (exact) mass is 421 g/mol. The molecule has 4 aromatic rings. The summed E-state index contributed by atoms with van der Waals surface area (Å²) in [6.07, 6.45) is 3.38. The van der Waals surface area contributed by atoms with E-state index in [2.05, 4.69) is 53.4 Å². The van der Waals surface area contributed by atoms with Gasteiger partial charge in [0.25, 0.3) is 5.91 Å². The molecule has 0 aliphatic carbocycles. The van der Waals surface area contributed by atoms with Gasteiger partial charge in [-0.15, -0.1) is 0 Å². The number of nitrogens with zero attached hydrogens (tertiary/aromatic N) is 2. The minimum Gasteiger partial charge on any atom is -0.374 e. The van der Waals surface area contributed by atoms with E-state index in [-0.39, 0.29) is 5.91 Å². The molecule has 0 aliphatic rings. The molecule has 0 bridgehead atoms. The number of hydrogen-bond donors (Lipinski definition) is 1. The van der Waals surface area contributed by atoms with E-state index < -0.39 is 0 Å². The average molecular weight is 422 g/mol. The standard InChI is InChI=1S/C28H27N3O/c1-4-31(3)27-13-9-8-12-25(27)22-15-14-20(2)26(17-22)30-28(32)24-16-23(18-29-19-24)21-10-6-5-7-11-21/h5-19H,4H2,1-3H3,(H,30,32). The largest absolute Gasteiger partial charge is 0.374 e. The highest BCUT2D eigenvalue weighted by molar-refractivity contribution is 6.05. The molecule has 0 unspecified atom stereocenters. The zero-order valence-electron chi connectivity index (χ0n) is 18.7. The topological polar surface area (TPSA) is 45.2 Å². The number of carbonyl (C=O) groups excluding carboxylic acids is 1. The molecule has 0 aliphatic heterocycles. The lowest BCUT2D eigenvalue weighted by Gasteiger charge is -2.21. The molecular weight excluding hydrogens is 394 g/mol. The number of nitrogens with one attached hydrogen (secondary N) is 1. The van der Waals surface area contributed by atoms with E-state index in [0.29, 0.717) is 5.56 Å². The van der Waals surface area contributed by atoms with Gasteiger partial charge in [0, 0.05) is 48.5 Å². The SMILES string of the molecule is CCN(C)c1ccccc1-c1ccc(C)c(NC(=O)c2cncc(-c3ccccc3)c2)c1. The van der Waals surface area contributed by atoms with Gasteiger partial charge in [0.15, 0.2) is 0 Å². The highest BCUT2D eigenvalue weighted by Crippen LogP contribution is 2.33. The third-order valence-electron chi connectivity index (χ3n) is 5.69. The van der Waals surface area contributed by atoms with E-state index >= 15 is 0 Å². The molecule has 0 saturated heterocycles. The van der Waals surface area contributed by atoms with Crippen LogP contribution in [-0.2, 0) is 0 Å². The van der Waals surface area contributed by atoms with Gasteiger partial charge in [-0.1, -0.05) is 60.7 Å². The summed E-state index contributed by atoms with van der Waals surface area (Å²) in [5.74, 6) is -0.172. The Kier molecular flexibility index (Phi) is 6.31. The zero-order valence-corrected chi connectivity index (χ0v) is 18.7. The summed E-state index contributed by atoms with van der Waals surface area (Å²) >= 11 is 0. The van der Waals surface area contributed by atoms with Gasteiger partial charge in [0.05, 0.1) is 5.56 Å². The first-order valence-corrected chi connectivity index (χ1v) is 10.8. The lowest BCUT2D eigenvalue weighted by molar-refractivity contribution is 0.102. The van der Waals surface area contributed by atoms with Crippen LogP contribution >= 0.6 is 0 Å². The fourth-order valence-corrected chi connectivity index (χ4v) is 3.69. The van der Waals surface area contributed by atoms with Crippen LogP contribution in [0.2, 0.25) is 0 Å². The fourth-order valence-electron chi connectivity index (χ4n) is 3.69. The predicted molar refractivity (Wildman–Crippen MR) is 133 cm³/mol. The second-order valence-corrected chi connectivity index (χ2v) is 7.84. The molecule has 4 nitrogen and oxygen atoms in total. The van der Waals surface area contributed by atoms with Crippen molar-refractivity contribution >= 4 is 17.3 Å². The van der Waals surface area contributed by atoms with Gasteiger partial charge < -0.3 is 10.2 Å². The van der Waals surface area contributed by atoms with Gasteiger partial charge in [0.1, 0.15) is 0 Å². The van der Waals surface area contributed by atoms with Crippen molar-refractivity contribution in [2.24, 2.45) is 0 Å². The van der Waals surface area contributed by atoms with E-state index in [9.17, 15) is 4.79 Å². The third-order valence-corrected chi connectivity index (χ3v) is 5.69. The van der Waals surface area contributed by atoms with Gasteiger partial charge in [-0.2, -0.15) is 0 Å². The molecule has 32 heavy (non-hydrogen) atoms. The van der Waals surface area contributed by atoms with Crippen LogP contribution in [0.25, 0.3) is 22.3 Å². The number of hydrogen-bond acceptors (Lipinski definition) is 3. The Hall–Kier alpha value is -3.92. The van der Waals surface area contributed by atoms with Crippen molar-refractivity contribution in [3.8, 4) is 22.3 Å². The minimum absolute atomic E-state index is 0.172. The fraction of sp³-hybridized carbons (Fsp3) is 0.143. The summed E-state index contributed by atoms with van der Waals surface area (Å²) in [5, 5.41) is 3.09. The number of carbonyl (C=O) groups is 1. The number of aryl methyl sites for hydroxylation is 1. The highest BCUT2D eigenvalue weighted by Gasteiger charge is 2.13. The molecule has 1 aromatic heterocycles. The van der Waals surface area contributed by atoms with Crippen molar-refractivity contribution in [3.05, 3.63) is 102 Å². The number of aromatic nitrogens is 1. The quantitative estimate of drug-likeness (QED) is 0.390. The molecule has 160 valence electrons. The summed E-state index contributed by atoms with van der Waals surface area (Å²) in [4.78, 5) is 19.6. The summed E-state index contributed by atoms with van der Waals surface area (Å²) in [6, 6.07) is 26.4. The summed E-state index contributed by atoms with van der Waals surface area (Å²) in [7, 11) is 2.09. The highest BCUT2D eigenvalue weighted by atomic mass is 16.1. The molecule has 4 heteroatoms. The van der Waals surface area contributed by atoms with Crippen LogP contribution in [0.15, 0.2) is 91.3 Å². The van der Waals surface area contributed by atoms with Crippen LogP contribution in [0.3, 0.4) is 0 Å². The van der Waals surface area contributed by atoms with Gasteiger partial charge in [0.2, 0.25) is 0 Å². The number of benzene rings is 3. The summed E-state index contributed by atoms with van der Waals surface area (Å²) in [6.45, 7) is 5.05. The van der Waals surface area contributed by atoms with Crippen molar-refractivity contribution in [1.82, 2.24) is 4.98 Å². The first-order chi connectivity index (χ1) is 15.6. The molecule has 0 radical (unpaired) electrons. The van der Waals surface area contributed by atoms with Crippen molar-refractivity contribution in [2.75, 3.05) is 23.8 Å². The molecular formula is C28H27N3O. The number of anilines is 2. The van der Waals surface area contributed by atoms with Gasteiger partial charge in [-0.25, -0.2) is 0 Å². The second kappa shape index (κ2) is 9.48. The van der Waals surface area contributed by atoms with Crippen molar-refractivity contribution in [1.29, 1.82) is 0 Å². The van der Waals surface area contributed by atoms with Crippen LogP contribution in [0.1, 0.15) is 22.8 Å². The van der Waals surface area contributed by atoms with E-state index in [1.54, 1.807) is 12.4 Å². The predicted octanol–water partition coefficient (Wildman–Crippen LogP) is 6.43. The van der Waals surface area contributed by atoms with Crippen LogP contribution in [0.5, 0.6) is 0 Å². The Balaban J connectivity index is 1.63. The molecule has 1 heterocycles. The van der Waals surface area contributed by atoms with Crippen LogP contribution in [0, 0.1) is 6.92 Å². The lowest BCUT2D eigenvalue weighted by Crippen LogP contribution is -2.16. The van der Waals surface area contributed by atoms with Gasteiger partial charge >= 0.3 is 0 Å². The molecule has 1 N–H and O–H groups in total. The maximum atomic E-state index is 13.1. The Morgan fingerprint density at radius 2 is 1.62 bits per heavy atom. The van der Waals surface area contributed by atoms with Crippen LogP contribution in [-0.4, -0.2) is 24.5 Å². The average Bonchev–Trinajstić information content (AvgIpc) is 2.85. The Bertz CT molecular complexity index is 1230. The number of amides is 1. The smallest absolute Gasteiger partial charge is 0.257 e. The van der Waals surface area contributed by atoms with Crippen LogP contribution < -0.4 is 10.2 Å². The van der Waals surface area contributed by atoms with E-state index in [1.807, 2.05) is 61.5 Å². The number of para-hydroxylation sites is 1. The van der Waals surface area contributed by atoms with Gasteiger partial charge in [-0.3, -0.25) is 9.78 Å². The normalized spacial score (nSPS) is 10.6. The van der Waals surface area contributed by atoms with Gasteiger partial charge in [-0.05, 0) is 48.7 Å². The maximum absolute atomic E-state index is 13.1. The minimum atomic E-state index is -0.172. The third kappa shape index (κ3) is 4.54. The second-order valence-electron chi connectivity index (χ2n) is 7.84. The van der Waals surface area contributed by atoms with Crippen LogP contribution in [0.4, 0.5) is 11.4 Å². The van der Waals surface area contributed by atoms with Crippen molar-refractivity contribution in [3.63, 3.8) is 0 Å². The molecule has 3 aromatic carbocycles. The molecule has 0 fully saturated rings. The Morgan fingerprint density at radius 1 is 0.875 bits per heavy atom. The lowest BCUT2D eigenvalue weighted by atomic mass is 10.00. The maximum Gasteiger partial charge on any atom is 0.257 e. The van der Waals surface area contributed by atoms with Crippen molar-refractivity contribution in [2.45, 2.75) is 13.8 Å². The molecule has 0 spiro atoms. The van der Waals surface area contributed by atoms with E-state index in [1.165, 1.54) is 0 Å². The molecule has 4 rings (SSSR count). The Labute approximate surface area is 189 Å². The molecule has 0 saturated carbocycles. The zero-order chi connectivity index (χ0) is 22.5. The van der Waals surface area contributed by atoms with E-state index in [4.69, 9.17) is 0 Å². The number of pyridine rings is 1. The summed E-state index contributed by atoms with van der Waals surface area (Å²) in [5.41, 5.74) is 7.66. The summed E-state index contributed by atoms with van der Waals surface area (Å²) < 4.78 is 0. The first kappa shape index (κ1) is 21.3. The van der Waals surface area contributed by atoms with E-state index in [0.717, 1.165) is 45.7 Å². The number of rotatable bonds is 6. The first-order valence-electron chi connectivity index (χ1n) is 10.8. The Morgan fingerprint density at radius 3 is 2.41 bits per heavy atom. The molecule has 0 atom stereocenters. The van der Waals surface area contributed by atoms with Crippen molar-refractivity contribution < 1.29 is 4.79 Å². The molecule has 1 amide bonds.